The number of rotatable bonds is 7. The number of pyridine rings is 1. The highest BCUT2D eigenvalue weighted by atomic mass is 32.2. The molecule has 0 saturated heterocycles. The molecule has 32 heavy (non-hydrogen) atoms. The maximum absolute atomic E-state index is 12.9. The van der Waals surface area contributed by atoms with Crippen LogP contribution in [0.15, 0.2) is 41.9 Å². The summed E-state index contributed by atoms with van der Waals surface area (Å²) in [6, 6.07) is 8.89. The van der Waals surface area contributed by atoms with Crippen molar-refractivity contribution in [1.29, 1.82) is 0 Å². The molecular formula is C23H23F3N2O2S2. The molecule has 4 nitrogen and oxygen atoms in total. The Kier molecular flexibility index (Phi) is 6.15. The Hall–Kier alpha value is -2.26. The summed E-state index contributed by atoms with van der Waals surface area (Å²) in [4.78, 5) is 9.14. The molecule has 0 amide bonds. The number of hydrogen-bond acceptors (Lipinski definition) is 5. The number of benzene rings is 1. The van der Waals surface area contributed by atoms with Crippen LogP contribution in [0.3, 0.4) is 0 Å². The first-order chi connectivity index (χ1) is 15.0. The molecule has 0 bridgehead atoms. The lowest BCUT2D eigenvalue weighted by Crippen LogP contribution is -2.25. The van der Waals surface area contributed by atoms with Crippen LogP contribution in [0.5, 0.6) is 0 Å². The fraction of sp³-hybridized carbons (Fsp3) is 0.391. The molecule has 170 valence electrons. The molecule has 0 N–H and O–H groups in total. The zero-order valence-corrected chi connectivity index (χ0v) is 19.3. The quantitative estimate of drug-likeness (QED) is 0.394. The van der Waals surface area contributed by atoms with Crippen LogP contribution in [0, 0.1) is 5.92 Å². The largest absolute Gasteiger partial charge is 0.497 e. The fourth-order valence-electron chi connectivity index (χ4n) is 3.63. The van der Waals surface area contributed by atoms with Gasteiger partial charge in [0.05, 0.1) is 11.4 Å². The van der Waals surface area contributed by atoms with Crippen molar-refractivity contribution in [1.82, 2.24) is 9.97 Å². The number of nitrogens with zero attached hydrogens (tertiary/aromatic N) is 2. The second kappa shape index (κ2) is 8.59. The zero-order valence-electron chi connectivity index (χ0n) is 17.7. The molecule has 0 aliphatic heterocycles. The van der Waals surface area contributed by atoms with Gasteiger partial charge in [0, 0.05) is 28.4 Å². The highest BCUT2D eigenvalue weighted by Crippen LogP contribution is 2.44. The van der Waals surface area contributed by atoms with Crippen LogP contribution in [0.1, 0.15) is 49.4 Å². The molecule has 1 aliphatic carbocycles. The van der Waals surface area contributed by atoms with Crippen molar-refractivity contribution in [2.75, 3.05) is 0 Å². The smallest absolute Gasteiger partial charge is 0.261 e. The first kappa shape index (κ1) is 22.9. The van der Waals surface area contributed by atoms with Gasteiger partial charge in [0.2, 0.25) is 0 Å². The van der Waals surface area contributed by atoms with E-state index in [2.05, 4.69) is 18.8 Å². The van der Waals surface area contributed by atoms with Crippen molar-refractivity contribution in [3.05, 3.63) is 58.7 Å². The maximum atomic E-state index is 12.9. The minimum atomic E-state index is -5.25. The number of alkyl halides is 3. The van der Waals surface area contributed by atoms with Gasteiger partial charge in [-0.3, -0.25) is 4.98 Å². The van der Waals surface area contributed by atoms with Crippen molar-refractivity contribution in [3.63, 3.8) is 0 Å². The fourth-order valence-corrected chi connectivity index (χ4v) is 5.29. The van der Waals surface area contributed by atoms with E-state index < -0.39 is 21.1 Å². The van der Waals surface area contributed by atoms with Gasteiger partial charge in [0.15, 0.2) is 0 Å². The highest BCUT2D eigenvalue weighted by Gasteiger charge is 2.46. The minimum Gasteiger partial charge on any atom is -0.261 e. The zero-order chi connectivity index (χ0) is 23.1. The SMILES string of the molecule is CC(C)Cc1cc(-c2nc(-c3ccc(CS(=O)(=O)C(F)(F)F)c(C4CC4)c3)cs2)ccn1. The van der Waals surface area contributed by atoms with Gasteiger partial charge in [0.1, 0.15) is 5.01 Å². The van der Waals surface area contributed by atoms with Crippen LogP contribution in [0.2, 0.25) is 0 Å². The normalized spacial score (nSPS) is 14.8. The molecule has 0 unspecified atom stereocenters. The summed E-state index contributed by atoms with van der Waals surface area (Å²) in [5, 5.41) is 2.75. The Balaban J connectivity index is 1.63. The van der Waals surface area contributed by atoms with Crippen molar-refractivity contribution in [2.24, 2.45) is 5.92 Å². The first-order valence-corrected chi connectivity index (χ1v) is 12.9. The average molecular weight is 481 g/mol. The predicted molar refractivity (Wildman–Crippen MR) is 120 cm³/mol. The lowest BCUT2D eigenvalue weighted by atomic mass is 10.00. The second-order valence-corrected chi connectivity index (χ2v) is 11.4. The molecule has 3 aromatic rings. The summed E-state index contributed by atoms with van der Waals surface area (Å²) in [5.41, 5.74) is -0.888. The van der Waals surface area contributed by atoms with Gasteiger partial charge in [-0.1, -0.05) is 26.0 Å². The summed E-state index contributed by atoms with van der Waals surface area (Å²) >= 11 is 1.49. The van der Waals surface area contributed by atoms with Crippen LogP contribution >= 0.6 is 11.3 Å². The van der Waals surface area contributed by atoms with Gasteiger partial charge in [-0.25, -0.2) is 13.4 Å². The van der Waals surface area contributed by atoms with E-state index in [0.29, 0.717) is 11.5 Å². The third-order valence-corrected chi connectivity index (χ3v) is 7.63. The standard InChI is InChI=1S/C23H23F3N2O2S2/c1-14(2)9-19-10-17(7-8-27-19)22-28-21(12-31-22)16-5-6-18(20(11-16)15-3-4-15)13-32(29,30)23(24,25)26/h5-8,10-12,14-15H,3-4,9,13H2,1-2H3. The van der Waals surface area contributed by atoms with Crippen LogP contribution in [0.25, 0.3) is 21.8 Å². The molecule has 1 aliphatic rings. The van der Waals surface area contributed by atoms with Gasteiger partial charge < -0.3 is 0 Å². The molecular weight excluding hydrogens is 457 g/mol. The average Bonchev–Trinajstić information content (AvgIpc) is 3.43. The van der Waals surface area contributed by atoms with E-state index in [9.17, 15) is 21.6 Å². The molecule has 4 rings (SSSR count). The third kappa shape index (κ3) is 5.04. The number of thiazole rings is 1. The van der Waals surface area contributed by atoms with Crippen molar-refractivity contribution < 1.29 is 21.6 Å². The van der Waals surface area contributed by atoms with Gasteiger partial charge >= 0.3 is 5.51 Å². The van der Waals surface area contributed by atoms with Crippen LogP contribution in [-0.4, -0.2) is 23.9 Å². The molecule has 2 heterocycles. The van der Waals surface area contributed by atoms with Crippen molar-refractivity contribution in [3.8, 4) is 21.8 Å². The highest BCUT2D eigenvalue weighted by molar-refractivity contribution is 7.91. The molecule has 1 aromatic carbocycles. The molecule has 0 spiro atoms. The van der Waals surface area contributed by atoms with Crippen molar-refractivity contribution >= 4 is 21.2 Å². The number of halogens is 3. The first-order valence-electron chi connectivity index (χ1n) is 10.4. The summed E-state index contributed by atoms with van der Waals surface area (Å²) in [6.45, 7) is 4.27. The molecule has 9 heteroatoms. The number of sulfone groups is 1. The van der Waals surface area contributed by atoms with E-state index in [0.717, 1.165) is 46.8 Å². The summed E-state index contributed by atoms with van der Waals surface area (Å²) in [5.74, 6) is -0.434. The molecule has 1 saturated carbocycles. The maximum Gasteiger partial charge on any atom is 0.497 e. The Morgan fingerprint density at radius 2 is 1.88 bits per heavy atom. The van der Waals surface area contributed by atoms with Gasteiger partial charge in [0.25, 0.3) is 9.84 Å². The lowest BCUT2D eigenvalue weighted by molar-refractivity contribution is -0.0437. The van der Waals surface area contributed by atoms with Crippen molar-refractivity contribution in [2.45, 2.75) is 50.3 Å². The van der Waals surface area contributed by atoms with E-state index in [-0.39, 0.29) is 11.5 Å². The van der Waals surface area contributed by atoms with Gasteiger partial charge in [-0.15, -0.1) is 11.3 Å². The Morgan fingerprint density at radius 1 is 1.12 bits per heavy atom. The van der Waals surface area contributed by atoms with E-state index >= 15 is 0 Å². The minimum absolute atomic E-state index is 0.102. The number of hydrogen-bond donors (Lipinski definition) is 0. The third-order valence-electron chi connectivity index (χ3n) is 5.34. The Bertz CT molecular complexity index is 1230. The molecule has 0 radical (unpaired) electrons. The summed E-state index contributed by atoms with van der Waals surface area (Å²) < 4.78 is 62.0. The predicted octanol–water partition coefficient (Wildman–Crippen LogP) is 6.38. The van der Waals surface area contributed by atoms with Gasteiger partial charge in [-0.2, -0.15) is 13.2 Å². The molecule has 1 fully saturated rings. The van der Waals surface area contributed by atoms with E-state index in [4.69, 9.17) is 4.98 Å². The van der Waals surface area contributed by atoms with Crippen LogP contribution in [0.4, 0.5) is 13.2 Å². The van der Waals surface area contributed by atoms with E-state index in [1.54, 1.807) is 18.3 Å². The lowest BCUT2D eigenvalue weighted by Gasteiger charge is -2.13. The second-order valence-electron chi connectivity index (χ2n) is 8.56. The van der Waals surface area contributed by atoms with Crippen LogP contribution in [-0.2, 0) is 22.0 Å². The van der Waals surface area contributed by atoms with E-state index in [1.165, 1.54) is 17.4 Å². The summed E-state index contributed by atoms with van der Waals surface area (Å²) in [6.07, 6.45) is 4.34. The topological polar surface area (TPSA) is 59.9 Å². The Labute approximate surface area is 189 Å². The summed E-state index contributed by atoms with van der Waals surface area (Å²) in [7, 11) is -5.22. The van der Waals surface area contributed by atoms with E-state index in [1.807, 2.05) is 17.5 Å². The van der Waals surface area contributed by atoms with Crippen LogP contribution < -0.4 is 0 Å². The molecule has 0 atom stereocenters. The Morgan fingerprint density at radius 3 is 2.53 bits per heavy atom. The monoisotopic (exact) mass is 480 g/mol. The van der Waals surface area contributed by atoms with Gasteiger partial charge in [-0.05, 0) is 60.4 Å². The number of aromatic nitrogens is 2. The molecule has 2 aromatic heterocycles.